The molecule has 0 aliphatic carbocycles. The molecule has 1 N–H and O–H groups in total. The first kappa shape index (κ1) is 17.3. The highest BCUT2D eigenvalue weighted by Gasteiger charge is 2.26. The number of benzene rings is 1. The second-order valence-electron chi connectivity index (χ2n) is 6.27. The van der Waals surface area contributed by atoms with Crippen molar-refractivity contribution in [3.8, 4) is 0 Å². The lowest BCUT2D eigenvalue weighted by molar-refractivity contribution is 0.0457. The minimum Gasteiger partial charge on any atom is -0.477 e. The minimum absolute atomic E-state index is 0.271. The zero-order valence-electron chi connectivity index (χ0n) is 13.9. The SMILES string of the molecule is CC(C)(C)OC(=O)N[C@H](COCc1ccccc1)C1=NCCO1. The van der Waals surface area contributed by atoms with Crippen molar-refractivity contribution in [3.63, 3.8) is 0 Å². The highest BCUT2D eigenvalue weighted by atomic mass is 16.6. The molecule has 1 aliphatic heterocycles. The quantitative estimate of drug-likeness (QED) is 0.874. The van der Waals surface area contributed by atoms with Gasteiger partial charge in [0.1, 0.15) is 18.2 Å². The Hall–Kier alpha value is -2.08. The molecule has 1 aliphatic rings. The molecule has 1 amide bonds. The van der Waals surface area contributed by atoms with Crippen molar-refractivity contribution >= 4 is 12.0 Å². The van der Waals surface area contributed by atoms with Gasteiger partial charge in [0.25, 0.3) is 0 Å². The number of nitrogens with zero attached hydrogens (tertiary/aromatic N) is 1. The van der Waals surface area contributed by atoms with Crippen LogP contribution in [0.5, 0.6) is 0 Å². The van der Waals surface area contributed by atoms with Crippen molar-refractivity contribution < 1.29 is 19.0 Å². The molecule has 0 unspecified atom stereocenters. The number of alkyl carbamates (subject to hydrolysis) is 1. The van der Waals surface area contributed by atoms with Crippen molar-refractivity contribution in [3.05, 3.63) is 35.9 Å². The zero-order valence-corrected chi connectivity index (χ0v) is 13.9. The molecule has 0 radical (unpaired) electrons. The fraction of sp³-hybridized carbons (Fsp3) is 0.529. The van der Waals surface area contributed by atoms with Crippen LogP contribution in [0.15, 0.2) is 35.3 Å². The number of carbonyl (C=O) groups is 1. The van der Waals surface area contributed by atoms with Gasteiger partial charge in [0.05, 0.1) is 19.8 Å². The number of rotatable bonds is 6. The summed E-state index contributed by atoms with van der Waals surface area (Å²) in [5.74, 6) is 0.490. The summed E-state index contributed by atoms with van der Waals surface area (Å²) in [6.07, 6.45) is -0.510. The van der Waals surface area contributed by atoms with Crippen LogP contribution in [-0.2, 0) is 20.8 Å². The average molecular weight is 320 g/mol. The standard InChI is InChI=1S/C17H24N2O4/c1-17(2,3)23-16(20)19-14(15-18-9-10-22-15)12-21-11-13-7-5-4-6-8-13/h4-8,14H,9-12H2,1-3H3,(H,19,20)/t14-/m1/s1. The average Bonchev–Trinajstić information content (AvgIpc) is 2.99. The third-order valence-electron chi connectivity index (χ3n) is 2.99. The number of nitrogens with one attached hydrogen (secondary N) is 1. The molecule has 1 atom stereocenters. The molecule has 0 aromatic heterocycles. The lowest BCUT2D eigenvalue weighted by Gasteiger charge is -2.23. The van der Waals surface area contributed by atoms with Gasteiger partial charge in [-0.15, -0.1) is 0 Å². The molecule has 2 rings (SSSR count). The van der Waals surface area contributed by atoms with E-state index in [1.807, 2.05) is 51.1 Å². The smallest absolute Gasteiger partial charge is 0.408 e. The Morgan fingerprint density at radius 3 is 2.70 bits per heavy atom. The highest BCUT2D eigenvalue weighted by Crippen LogP contribution is 2.09. The second kappa shape index (κ2) is 7.97. The molecule has 1 aromatic carbocycles. The van der Waals surface area contributed by atoms with Gasteiger partial charge in [-0.25, -0.2) is 4.79 Å². The van der Waals surface area contributed by atoms with Crippen LogP contribution in [-0.4, -0.2) is 43.4 Å². The number of amides is 1. The van der Waals surface area contributed by atoms with E-state index in [0.717, 1.165) is 5.56 Å². The summed E-state index contributed by atoms with van der Waals surface area (Å²) in [5.41, 5.74) is 0.510. The molecular formula is C17H24N2O4. The number of hydrogen-bond donors (Lipinski definition) is 1. The van der Waals surface area contributed by atoms with Crippen LogP contribution in [0.3, 0.4) is 0 Å². The highest BCUT2D eigenvalue weighted by molar-refractivity contribution is 5.86. The number of carbonyl (C=O) groups excluding carboxylic acids is 1. The molecule has 0 saturated heterocycles. The van der Waals surface area contributed by atoms with Gasteiger partial charge >= 0.3 is 6.09 Å². The molecular weight excluding hydrogens is 296 g/mol. The summed E-state index contributed by atoms with van der Waals surface area (Å²) >= 11 is 0. The van der Waals surface area contributed by atoms with Crippen molar-refractivity contribution in [2.24, 2.45) is 4.99 Å². The van der Waals surface area contributed by atoms with Gasteiger partial charge in [-0.3, -0.25) is 4.99 Å². The summed E-state index contributed by atoms with van der Waals surface area (Å²) in [5, 5.41) is 2.76. The summed E-state index contributed by atoms with van der Waals surface area (Å²) in [7, 11) is 0. The summed E-state index contributed by atoms with van der Waals surface area (Å²) < 4.78 is 16.4. The number of hydrogen-bond acceptors (Lipinski definition) is 5. The molecule has 6 heteroatoms. The first-order chi connectivity index (χ1) is 10.9. The van der Waals surface area contributed by atoms with Crippen molar-refractivity contribution in [1.29, 1.82) is 0 Å². The van der Waals surface area contributed by atoms with Crippen LogP contribution >= 0.6 is 0 Å². The van der Waals surface area contributed by atoms with Crippen molar-refractivity contribution in [2.45, 2.75) is 39.0 Å². The van der Waals surface area contributed by atoms with Gasteiger partial charge in [-0.2, -0.15) is 0 Å². The van der Waals surface area contributed by atoms with E-state index >= 15 is 0 Å². The van der Waals surface area contributed by atoms with Crippen molar-refractivity contribution in [1.82, 2.24) is 5.32 Å². The predicted molar refractivity (Wildman–Crippen MR) is 87.5 cm³/mol. The molecule has 23 heavy (non-hydrogen) atoms. The molecule has 1 aromatic rings. The lowest BCUT2D eigenvalue weighted by Crippen LogP contribution is -2.46. The van der Waals surface area contributed by atoms with E-state index in [1.165, 1.54) is 0 Å². The van der Waals surface area contributed by atoms with Crippen molar-refractivity contribution in [2.75, 3.05) is 19.8 Å². The minimum atomic E-state index is -0.558. The van der Waals surface area contributed by atoms with Gasteiger partial charge in [0.2, 0.25) is 5.90 Å². The van der Waals surface area contributed by atoms with E-state index < -0.39 is 17.7 Å². The van der Waals surface area contributed by atoms with E-state index in [4.69, 9.17) is 14.2 Å². The number of ether oxygens (including phenoxy) is 3. The Labute approximate surface area is 136 Å². The van der Waals surface area contributed by atoms with Crippen LogP contribution in [0.4, 0.5) is 4.79 Å². The third-order valence-corrected chi connectivity index (χ3v) is 2.99. The van der Waals surface area contributed by atoms with Crippen LogP contribution in [0.1, 0.15) is 26.3 Å². The second-order valence-corrected chi connectivity index (χ2v) is 6.27. The van der Waals surface area contributed by atoms with E-state index in [9.17, 15) is 4.79 Å². The monoisotopic (exact) mass is 320 g/mol. The molecule has 0 saturated carbocycles. The molecule has 126 valence electrons. The normalized spacial score (nSPS) is 15.5. The molecule has 1 heterocycles. The Bertz CT molecular complexity index is 537. The Morgan fingerprint density at radius 2 is 2.09 bits per heavy atom. The maximum Gasteiger partial charge on any atom is 0.408 e. The topological polar surface area (TPSA) is 69.2 Å². The van der Waals surface area contributed by atoms with E-state index in [-0.39, 0.29) is 6.61 Å². The summed E-state index contributed by atoms with van der Waals surface area (Å²) in [4.78, 5) is 16.2. The van der Waals surface area contributed by atoms with Gasteiger partial charge in [-0.1, -0.05) is 30.3 Å². The van der Waals surface area contributed by atoms with Gasteiger partial charge in [-0.05, 0) is 26.3 Å². The van der Waals surface area contributed by atoms with Crippen LogP contribution in [0.2, 0.25) is 0 Å². The van der Waals surface area contributed by atoms with Crippen LogP contribution in [0, 0.1) is 0 Å². The molecule has 0 spiro atoms. The van der Waals surface area contributed by atoms with Crippen LogP contribution in [0.25, 0.3) is 0 Å². The first-order valence-electron chi connectivity index (χ1n) is 7.72. The largest absolute Gasteiger partial charge is 0.477 e. The Balaban J connectivity index is 1.88. The summed E-state index contributed by atoms with van der Waals surface area (Å²) in [6.45, 7) is 7.31. The van der Waals surface area contributed by atoms with Gasteiger partial charge in [0, 0.05) is 0 Å². The van der Waals surface area contributed by atoms with Gasteiger partial charge in [0.15, 0.2) is 0 Å². The fourth-order valence-electron chi connectivity index (χ4n) is 2.06. The van der Waals surface area contributed by atoms with Crippen LogP contribution < -0.4 is 5.32 Å². The third kappa shape index (κ3) is 6.28. The van der Waals surface area contributed by atoms with Gasteiger partial charge < -0.3 is 19.5 Å². The predicted octanol–water partition coefficient (Wildman–Crippen LogP) is 2.53. The van der Waals surface area contributed by atoms with E-state index in [0.29, 0.717) is 25.7 Å². The maximum atomic E-state index is 12.0. The zero-order chi connectivity index (χ0) is 16.7. The Morgan fingerprint density at radius 1 is 1.35 bits per heavy atom. The molecule has 6 nitrogen and oxygen atoms in total. The Kier molecular flexibility index (Phi) is 5.98. The molecule has 0 fully saturated rings. The fourth-order valence-corrected chi connectivity index (χ4v) is 2.06. The first-order valence-corrected chi connectivity index (χ1v) is 7.72. The van der Waals surface area contributed by atoms with E-state index in [1.54, 1.807) is 0 Å². The van der Waals surface area contributed by atoms with E-state index in [2.05, 4.69) is 10.3 Å². The maximum absolute atomic E-state index is 12.0. The number of aliphatic imine (C=N–C) groups is 1. The lowest BCUT2D eigenvalue weighted by atomic mass is 10.2. The summed E-state index contributed by atoms with van der Waals surface area (Å²) in [6, 6.07) is 9.39. The molecule has 0 bridgehead atoms.